The number of carbonyl (C=O) groups is 1. The Hall–Kier alpha value is -2.69. The molecular formula is C10H10N6O6S. The Bertz CT molecular complexity index is 854. The van der Waals surface area contributed by atoms with E-state index >= 15 is 0 Å². The second-order valence-electron chi connectivity index (χ2n) is 4.89. The molecule has 23 heavy (non-hydrogen) atoms. The summed E-state index contributed by atoms with van der Waals surface area (Å²) in [5, 5.41) is 25.5. The van der Waals surface area contributed by atoms with Gasteiger partial charge in [0.25, 0.3) is 0 Å². The lowest BCUT2D eigenvalue weighted by Crippen LogP contribution is -2.39. The highest BCUT2D eigenvalue weighted by molar-refractivity contribution is 7.80. The van der Waals surface area contributed by atoms with Gasteiger partial charge < -0.3 is 10.1 Å². The van der Waals surface area contributed by atoms with Crippen LogP contribution >= 0.6 is 0 Å². The van der Waals surface area contributed by atoms with E-state index in [4.69, 9.17) is 15.0 Å². The van der Waals surface area contributed by atoms with Crippen molar-refractivity contribution in [1.82, 2.24) is 19.7 Å². The van der Waals surface area contributed by atoms with E-state index in [0.29, 0.717) is 16.3 Å². The smallest absolute Gasteiger partial charge is 0.410 e. The first kappa shape index (κ1) is 15.2. The van der Waals surface area contributed by atoms with Gasteiger partial charge in [-0.1, -0.05) is 5.16 Å². The predicted octanol–water partition coefficient (Wildman–Crippen LogP) is -0.658. The molecule has 13 heteroatoms. The van der Waals surface area contributed by atoms with E-state index in [0.717, 1.165) is 4.90 Å². The lowest BCUT2D eigenvalue weighted by molar-refractivity contribution is -0.0316. The summed E-state index contributed by atoms with van der Waals surface area (Å²) in [6.07, 6.45) is 1.38. The highest BCUT2D eigenvalue weighted by Gasteiger charge is 2.53. The molecule has 3 rings (SSSR count). The molecule has 2 aliphatic rings. The zero-order valence-electron chi connectivity index (χ0n) is 11.6. The highest BCUT2D eigenvalue weighted by Crippen LogP contribution is 2.44. The van der Waals surface area contributed by atoms with Gasteiger partial charge in [0.2, 0.25) is 0 Å². The van der Waals surface area contributed by atoms with Gasteiger partial charge >= 0.3 is 16.4 Å². The average molecular weight is 342 g/mol. The van der Waals surface area contributed by atoms with Crippen molar-refractivity contribution in [2.24, 2.45) is 12.2 Å². The molecule has 0 spiro atoms. The van der Waals surface area contributed by atoms with Gasteiger partial charge in [0.1, 0.15) is 18.2 Å². The number of hydroxylamine groups is 2. The molecule has 2 atom stereocenters. The molecular weight excluding hydrogens is 332 g/mol. The maximum atomic E-state index is 12.4. The van der Waals surface area contributed by atoms with Crippen LogP contribution in [0.5, 0.6) is 0 Å². The van der Waals surface area contributed by atoms with Gasteiger partial charge in [0.05, 0.1) is 18.4 Å². The van der Waals surface area contributed by atoms with Gasteiger partial charge in [0.15, 0.2) is 5.71 Å². The van der Waals surface area contributed by atoms with Gasteiger partial charge in [-0.2, -0.15) is 23.8 Å². The van der Waals surface area contributed by atoms with Crippen molar-refractivity contribution in [2.45, 2.75) is 12.1 Å². The van der Waals surface area contributed by atoms with Crippen LogP contribution in [0.4, 0.5) is 4.79 Å². The van der Waals surface area contributed by atoms with Crippen LogP contribution in [0.2, 0.25) is 0 Å². The first-order valence-electron chi connectivity index (χ1n) is 6.19. The summed E-state index contributed by atoms with van der Waals surface area (Å²) in [6.45, 7) is -0.0294. The lowest BCUT2D eigenvalue weighted by atomic mass is 9.95. The number of hydrogen-bond acceptors (Lipinski definition) is 8. The summed E-state index contributed by atoms with van der Waals surface area (Å²) in [6, 6.07) is -1.11. The van der Waals surface area contributed by atoms with Crippen molar-refractivity contribution < 1.29 is 27.3 Å². The predicted molar refractivity (Wildman–Crippen MR) is 70.1 cm³/mol. The fourth-order valence-corrected chi connectivity index (χ4v) is 3.21. The molecule has 0 radical (unpaired) electrons. The number of carbonyl (C=O) groups excluding carboxylic acids is 1. The first-order chi connectivity index (χ1) is 10.8. The molecule has 0 aliphatic carbocycles. The molecule has 2 N–H and O–H groups in total. The van der Waals surface area contributed by atoms with Crippen molar-refractivity contribution in [3.05, 3.63) is 17.5 Å². The SMILES string of the molecule is Cn1ncc2c1[C@@H](/C(C#N)=N/O)N1C[C@H]2N(OS(=O)(=O)O)C1=O. The normalized spacial score (nSPS) is 23.9. The Kier molecular flexibility index (Phi) is 3.25. The van der Waals surface area contributed by atoms with E-state index in [-0.39, 0.29) is 12.3 Å². The molecule has 1 aromatic heterocycles. The minimum atomic E-state index is -4.92. The molecule has 0 saturated carbocycles. The fraction of sp³-hybridized carbons (Fsp3) is 0.400. The topological polar surface area (TPSA) is 161 Å². The molecule has 3 heterocycles. The second kappa shape index (κ2) is 4.91. The summed E-state index contributed by atoms with van der Waals surface area (Å²) < 4.78 is 36.5. The van der Waals surface area contributed by atoms with Crippen molar-refractivity contribution in [2.75, 3.05) is 6.54 Å². The molecule has 2 aliphatic heterocycles. The maximum absolute atomic E-state index is 12.4. The number of oxime groups is 1. The summed E-state index contributed by atoms with van der Waals surface area (Å²) in [5.41, 5.74) is 0.431. The van der Waals surface area contributed by atoms with Crippen LogP contribution in [0.1, 0.15) is 23.3 Å². The molecule has 1 aromatic rings. The Morgan fingerprint density at radius 1 is 1.61 bits per heavy atom. The number of amides is 2. The monoisotopic (exact) mass is 342 g/mol. The van der Waals surface area contributed by atoms with Crippen LogP contribution in [-0.2, 0) is 21.7 Å². The molecule has 1 fully saturated rings. The summed E-state index contributed by atoms with van der Waals surface area (Å²) in [4.78, 5) is 13.5. The van der Waals surface area contributed by atoms with Crippen LogP contribution < -0.4 is 0 Å². The minimum absolute atomic E-state index is 0.0294. The number of nitrogens with zero attached hydrogens (tertiary/aromatic N) is 6. The van der Waals surface area contributed by atoms with Crippen LogP contribution in [0.25, 0.3) is 0 Å². The third-order valence-electron chi connectivity index (χ3n) is 3.69. The van der Waals surface area contributed by atoms with Crippen molar-refractivity contribution in [3.8, 4) is 6.07 Å². The number of fused-ring (bicyclic) bond motifs is 4. The molecule has 0 unspecified atom stereocenters. The number of rotatable bonds is 3. The Balaban J connectivity index is 2.15. The van der Waals surface area contributed by atoms with Crippen molar-refractivity contribution in [1.29, 1.82) is 5.26 Å². The van der Waals surface area contributed by atoms with Crippen LogP contribution in [-0.4, -0.2) is 56.2 Å². The minimum Gasteiger partial charge on any atom is -0.410 e. The van der Waals surface area contributed by atoms with Gasteiger partial charge in [-0.3, -0.25) is 9.23 Å². The quantitative estimate of drug-likeness (QED) is 0.317. The molecule has 0 aromatic carbocycles. The van der Waals surface area contributed by atoms with Gasteiger partial charge in [0, 0.05) is 12.6 Å². The molecule has 122 valence electrons. The van der Waals surface area contributed by atoms with Gasteiger partial charge in [-0.15, -0.1) is 4.28 Å². The van der Waals surface area contributed by atoms with E-state index in [2.05, 4.69) is 14.5 Å². The van der Waals surface area contributed by atoms with E-state index < -0.39 is 28.5 Å². The Morgan fingerprint density at radius 3 is 2.87 bits per heavy atom. The molecule has 2 amide bonds. The van der Waals surface area contributed by atoms with Crippen LogP contribution in [0.3, 0.4) is 0 Å². The van der Waals surface area contributed by atoms with Crippen molar-refractivity contribution >= 4 is 22.1 Å². The average Bonchev–Trinajstić information content (AvgIpc) is 2.97. The third kappa shape index (κ3) is 2.20. The van der Waals surface area contributed by atoms with E-state index in [1.54, 1.807) is 13.1 Å². The fourth-order valence-electron chi connectivity index (χ4n) is 2.84. The molecule has 2 bridgehead atoms. The van der Waals surface area contributed by atoms with Crippen molar-refractivity contribution in [3.63, 3.8) is 0 Å². The summed E-state index contributed by atoms with van der Waals surface area (Å²) >= 11 is 0. The van der Waals surface area contributed by atoms with E-state index in [1.165, 1.54) is 10.9 Å². The Morgan fingerprint density at radius 2 is 2.30 bits per heavy atom. The lowest BCUT2D eigenvalue weighted by Gasteiger charge is -2.29. The van der Waals surface area contributed by atoms with E-state index in [9.17, 15) is 13.2 Å². The standard InChI is InChI=1S/C10H10N6O6S/c1-14-8-5(3-12-14)7-4-15(9(8)6(2-11)13-18)10(17)16(7)22-23(19,20)21/h3,7,9,18H,4H2,1H3,(H,19,20,21)/b13-6+/t7-,9-/m1/s1. The molecule has 12 nitrogen and oxygen atoms in total. The van der Waals surface area contributed by atoms with E-state index in [1.807, 2.05) is 0 Å². The molecule has 1 saturated heterocycles. The third-order valence-corrected chi connectivity index (χ3v) is 4.04. The zero-order valence-corrected chi connectivity index (χ0v) is 12.4. The summed E-state index contributed by atoms with van der Waals surface area (Å²) in [5.74, 6) is 0. The van der Waals surface area contributed by atoms with Gasteiger partial charge in [-0.05, 0) is 0 Å². The van der Waals surface area contributed by atoms with Crippen LogP contribution in [0.15, 0.2) is 11.4 Å². The number of nitriles is 1. The Labute approximate surface area is 129 Å². The highest BCUT2D eigenvalue weighted by atomic mass is 32.3. The van der Waals surface area contributed by atoms with Crippen LogP contribution in [0, 0.1) is 11.3 Å². The largest absolute Gasteiger partial charge is 0.418 e. The zero-order chi connectivity index (χ0) is 16.9. The van der Waals surface area contributed by atoms with Gasteiger partial charge in [-0.25, -0.2) is 4.79 Å². The number of hydrogen-bond donors (Lipinski definition) is 2. The number of aromatic nitrogens is 2. The number of aryl methyl sites for hydroxylation is 1. The second-order valence-corrected chi connectivity index (χ2v) is 5.89. The number of urea groups is 1. The maximum Gasteiger partial charge on any atom is 0.418 e. The summed E-state index contributed by atoms with van der Waals surface area (Å²) in [7, 11) is -3.36. The first-order valence-corrected chi connectivity index (χ1v) is 7.55.